The van der Waals surface area contributed by atoms with Crippen molar-refractivity contribution >= 4 is 51.3 Å². The second kappa shape index (κ2) is 7.26. The van der Waals surface area contributed by atoms with Crippen LogP contribution in [0.15, 0.2) is 18.2 Å². The number of nitrogens with one attached hydrogen (secondary N) is 1. The summed E-state index contributed by atoms with van der Waals surface area (Å²) in [6.45, 7) is 4.29. The lowest BCUT2D eigenvalue weighted by atomic mass is 10.2. The molecule has 2 rings (SSSR count). The number of nitrogens with zero attached hydrogens (tertiary/aromatic N) is 3. The van der Waals surface area contributed by atoms with E-state index in [2.05, 4.69) is 29.4 Å². The first-order valence-electron chi connectivity index (χ1n) is 6.66. The molecular weight excluding hydrogens is 343 g/mol. The molecule has 1 aromatic carbocycles. The maximum absolute atomic E-state index is 12.1. The zero-order valence-corrected chi connectivity index (χ0v) is 14.8. The number of benzene rings is 1. The first-order valence-corrected chi connectivity index (χ1v) is 8.23. The summed E-state index contributed by atoms with van der Waals surface area (Å²) in [6.07, 6.45) is 0. The Balaban J connectivity index is 1.96. The number of rotatable bonds is 5. The van der Waals surface area contributed by atoms with Gasteiger partial charge >= 0.3 is 0 Å². The number of hydrogen-bond acceptors (Lipinski definition) is 5. The standard InChI is InChI=1S/C14H16Cl2N4OS/c1-8(2)13-18-19-14(22-13)20(3)7-12(21)17-9-4-5-10(15)11(16)6-9/h4-6,8H,7H2,1-3H3,(H,17,21). The summed E-state index contributed by atoms with van der Waals surface area (Å²) in [5.41, 5.74) is 0.605. The van der Waals surface area contributed by atoms with E-state index in [-0.39, 0.29) is 12.5 Å². The SMILES string of the molecule is CC(C)c1nnc(N(C)CC(=O)Nc2ccc(Cl)c(Cl)c2)s1. The van der Waals surface area contributed by atoms with Crippen molar-refractivity contribution in [2.24, 2.45) is 0 Å². The van der Waals surface area contributed by atoms with Crippen LogP contribution in [0.1, 0.15) is 24.8 Å². The third-order valence-corrected chi connectivity index (χ3v) is 4.91. The van der Waals surface area contributed by atoms with E-state index in [9.17, 15) is 4.79 Å². The zero-order chi connectivity index (χ0) is 16.3. The second-order valence-electron chi connectivity index (χ2n) is 5.11. The van der Waals surface area contributed by atoms with Gasteiger partial charge in [0.05, 0.1) is 16.6 Å². The molecule has 118 valence electrons. The highest BCUT2D eigenvalue weighted by molar-refractivity contribution is 7.15. The second-order valence-corrected chi connectivity index (χ2v) is 6.91. The molecule has 0 atom stereocenters. The van der Waals surface area contributed by atoms with Gasteiger partial charge in [0, 0.05) is 18.7 Å². The van der Waals surface area contributed by atoms with Gasteiger partial charge in [-0.1, -0.05) is 48.4 Å². The molecule has 0 aliphatic carbocycles. The minimum atomic E-state index is -0.165. The summed E-state index contributed by atoms with van der Waals surface area (Å²) in [7, 11) is 1.80. The number of carbonyl (C=O) groups is 1. The fourth-order valence-corrected chi connectivity index (χ4v) is 2.78. The molecule has 0 saturated carbocycles. The van der Waals surface area contributed by atoms with E-state index in [0.717, 1.165) is 5.01 Å². The summed E-state index contributed by atoms with van der Waals surface area (Å²) in [6, 6.07) is 4.96. The summed E-state index contributed by atoms with van der Waals surface area (Å²) in [4.78, 5) is 13.8. The van der Waals surface area contributed by atoms with Crippen molar-refractivity contribution in [2.75, 3.05) is 23.8 Å². The van der Waals surface area contributed by atoms with E-state index in [1.807, 2.05) is 0 Å². The average Bonchev–Trinajstić information content (AvgIpc) is 2.93. The number of halogens is 2. The van der Waals surface area contributed by atoms with Crippen molar-refractivity contribution in [3.63, 3.8) is 0 Å². The number of amides is 1. The van der Waals surface area contributed by atoms with Crippen LogP contribution in [0.3, 0.4) is 0 Å². The molecule has 8 heteroatoms. The maximum Gasteiger partial charge on any atom is 0.243 e. The lowest BCUT2D eigenvalue weighted by molar-refractivity contribution is -0.114. The van der Waals surface area contributed by atoms with Gasteiger partial charge in [-0.25, -0.2) is 0 Å². The van der Waals surface area contributed by atoms with Gasteiger partial charge in [0.1, 0.15) is 5.01 Å². The molecule has 0 spiro atoms. The Bertz CT molecular complexity index is 675. The van der Waals surface area contributed by atoms with Gasteiger partial charge in [-0.15, -0.1) is 10.2 Å². The maximum atomic E-state index is 12.1. The molecule has 22 heavy (non-hydrogen) atoms. The highest BCUT2D eigenvalue weighted by atomic mass is 35.5. The Morgan fingerprint density at radius 1 is 1.32 bits per heavy atom. The van der Waals surface area contributed by atoms with Crippen LogP contribution in [0.4, 0.5) is 10.8 Å². The third-order valence-electron chi connectivity index (χ3n) is 2.83. The molecule has 0 radical (unpaired) electrons. The Hall–Kier alpha value is -1.37. The highest BCUT2D eigenvalue weighted by Gasteiger charge is 2.14. The van der Waals surface area contributed by atoms with Gasteiger partial charge in [-0.3, -0.25) is 4.79 Å². The number of likely N-dealkylation sites (N-methyl/N-ethyl adjacent to an activating group) is 1. The molecule has 0 aliphatic heterocycles. The normalized spacial score (nSPS) is 10.8. The van der Waals surface area contributed by atoms with Crippen LogP contribution in [-0.2, 0) is 4.79 Å². The zero-order valence-electron chi connectivity index (χ0n) is 12.4. The molecular formula is C14H16Cl2N4OS. The van der Waals surface area contributed by atoms with Crippen molar-refractivity contribution in [1.82, 2.24) is 10.2 Å². The van der Waals surface area contributed by atoms with Crippen LogP contribution in [-0.4, -0.2) is 29.7 Å². The number of carbonyl (C=O) groups excluding carboxylic acids is 1. The molecule has 0 fully saturated rings. The third kappa shape index (κ3) is 4.32. The van der Waals surface area contributed by atoms with Crippen LogP contribution >= 0.6 is 34.5 Å². The lowest BCUT2D eigenvalue weighted by Crippen LogP contribution is -2.30. The molecule has 0 saturated heterocycles. The Morgan fingerprint density at radius 2 is 2.05 bits per heavy atom. The number of hydrogen-bond donors (Lipinski definition) is 1. The first-order chi connectivity index (χ1) is 10.4. The minimum absolute atomic E-state index is 0.165. The number of anilines is 2. The van der Waals surface area contributed by atoms with Crippen LogP contribution in [0.5, 0.6) is 0 Å². The summed E-state index contributed by atoms with van der Waals surface area (Å²) in [5, 5.41) is 13.5. The molecule has 5 nitrogen and oxygen atoms in total. The van der Waals surface area contributed by atoms with E-state index in [1.165, 1.54) is 11.3 Å². The number of aromatic nitrogens is 2. The Morgan fingerprint density at radius 3 is 2.64 bits per heavy atom. The van der Waals surface area contributed by atoms with Crippen LogP contribution in [0, 0.1) is 0 Å². The van der Waals surface area contributed by atoms with Crippen LogP contribution in [0.2, 0.25) is 10.0 Å². The predicted molar refractivity (Wildman–Crippen MR) is 92.4 cm³/mol. The van der Waals surface area contributed by atoms with Gasteiger partial charge in [-0.2, -0.15) is 0 Å². The topological polar surface area (TPSA) is 58.1 Å². The quantitative estimate of drug-likeness (QED) is 0.875. The fourth-order valence-electron chi connectivity index (χ4n) is 1.67. The van der Waals surface area contributed by atoms with Gasteiger partial charge in [0.2, 0.25) is 11.0 Å². The van der Waals surface area contributed by atoms with Crippen molar-refractivity contribution in [2.45, 2.75) is 19.8 Å². The molecule has 0 aliphatic rings. The van der Waals surface area contributed by atoms with E-state index in [4.69, 9.17) is 23.2 Å². The van der Waals surface area contributed by atoms with Gasteiger partial charge < -0.3 is 10.2 Å². The predicted octanol–water partition coefficient (Wildman–Crippen LogP) is 4.04. The van der Waals surface area contributed by atoms with E-state index in [0.29, 0.717) is 26.8 Å². The lowest BCUT2D eigenvalue weighted by Gasteiger charge is -2.14. The molecule has 1 amide bonds. The Labute approximate surface area is 143 Å². The average molecular weight is 359 g/mol. The van der Waals surface area contributed by atoms with Gasteiger partial charge in [-0.05, 0) is 18.2 Å². The van der Waals surface area contributed by atoms with Crippen molar-refractivity contribution in [3.8, 4) is 0 Å². The van der Waals surface area contributed by atoms with Crippen molar-refractivity contribution in [3.05, 3.63) is 33.3 Å². The first kappa shape index (κ1) is 17.0. The smallest absolute Gasteiger partial charge is 0.243 e. The monoisotopic (exact) mass is 358 g/mol. The van der Waals surface area contributed by atoms with Crippen molar-refractivity contribution < 1.29 is 4.79 Å². The van der Waals surface area contributed by atoms with Gasteiger partial charge in [0.25, 0.3) is 0 Å². The largest absolute Gasteiger partial charge is 0.340 e. The summed E-state index contributed by atoms with van der Waals surface area (Å²) >= 11 is 13.3. The summed E-state index contributed by atoms with van der Waals surface area (Å²) in [5.74, 6) is 0.159. The summed E-state index contributed by atoms with van der Waals surface area (Å²) < 4.78 is 0. The molecule has 0 bridgehead atoms. The molecule has 1 heterocycles. The van der Waals surface area contributed by atoms with E-state index in [1.54, 1.807) is 30.1 Å². The van der Waals surface area contributed by atoms with Crippen LogP contribution < -0.4 is 10.2 Å². The van der Waals surface area contributed by atoms with Gasteiger partial charge in [0.15, 0.2) is 0 Å². The molecule has 0 unspecified atom stereocenters. The molecule has 2 aromatic rings. The van der Waals surface area contributed by atoms with E-state index < -0.39 is 0 Å². The fraction of sp³-hybridized carbons (Fsp3) is 0.357. The minimum Gasteiger partial charge on any atom is -0.340 e. The van der Waals surface area contributed by atoms with Crippen LogP contribution in [0.25, 0.3) is 0 Å². The Kier molecular flexibility index (Phi) is 5.61. The molecule has 1 N–H and O–H groups in total. The highest BCUT2D eigenvalue weighted by Crippen LogP contribution is 2.26. The molecule has 1 aromatic heterocycles. The van der Waals surface area contributed by atoms with Crippen molar-refractivity contribution in [1.29, 1.82) is 0 Å². The van der Waals surface area contributed by atoms with E-state index >= 15 is 0 Å².